The summed E-state index contributed by atoms with van der Waals surface area (Å²) in [4.78, 5) is 15.0. The zero-order valence-electron chi connectivity index (χ0n) is 12.0. The molecule has 1 amide bonds. The van der Waals surface area contributed by atoms with Crippen molar-refractivity contribution in [3.05, 3.63) is 0 Å². The number of hydrogen-bond acceptors (Lipinski definition) is 3. The summed E-state index contributed by atoms with van der Waals surface area (Å²) in [6.07, 6.45) is -4.20. The van der Waals surface area contributed by atoms with Gasteiger partial charge in [0, 0.05) is 25.7 Å². The Balaban J connectivity index is 0.00000361. The summed E-state index contributed by atoms with van der Waals surface area (Å²) in [5.41, 5.74) is 5.79. The molecule has 0 radical (unpaired) electrons. The predicted molar refractivity (Wildman–Crippen MR) is 73.7 cm³/mol. The van der Waals surface area contributed by atoms with E-state index in [1.165, 1.54) is 4.90 Å². The number of piperazine rings is 1. The number of hydrogen-bond donors (Lipinski definition) is 1. The van der Waals surface area contributed by atoms with Gasteiger partial charge < -0.3 is 10.6 Å². The minimum absolute atomic E-state index is 0. The van der Waals surface area contributed by atoms with E-state index in [-0.39, 0.29) is 36.8 Å². The maximum atomic E-state index is 12.4. The number of amides is 1. The molecule has 1 heterocycles. The van der Waals surface area contributed by atoms with Gasteiger partial charge in [-0.25, -0.2) is 0 Å². The molecular weight excluding hydrogens is 295 g/mol. The predicted octanol–water partition coefficient (Wildman–Crippen LogP) is 1.49. The summed E-state index contributed by atoms with van der Waals surface area (Å²) in [7, 11) is 0. The molecule has 20 heavy (non-hydrogen) atoms. The number of alkyl halides is 3. The number of carbonyl (C=O) groups excluding carboxylic acids is 1. The van der Waals surface area contributed by atoms with Crippen LogP contribution in [-0.2, 0) is 4.79 Å². The van der Waals surface area contributed by atoms with Gasteiger partial charge >= 0.3 is 6.18 Å². The van der Waals surface area contributed by atoms with Crippen LogP contribution in [0.15, 0.2) is 0 Å². The Morgan fingerprint density at radius 2 is 1.90 bits per heavy atom. The Bertz CT molecular complexity index is 326. The fourth-order valence-corrected chi connectivity index (χ4v) is 2.16. The van der Waals surface area contributed by atoms with Crippen molar-refractivity contribution in [1.29, 1.82) is 0 Å². The van der Waals surface area contributed by atoms with Crippen molar-refractivity contribution in [2.45, 2.75) is 39.0 Å². The van der Waals surface area contributed by atoms with E-state index < -0.39 is 18.8 Å². The summed E-state index contributed by atoms with van der Waals surface area (Å²) in [6, 6.07) is -0.889. The molecule has 2 N–H and O–H groups in total. The number of rotatable bonds is 3. The van der Waals surface area contributed by atoms with Crippen LogP contribution >= 0.6 is 12.4 Å². The summed E-state index contributed by atoms with van der Waals surface area (Å²) in [5.74, 6) is -0.149. The van der Waals surface area contributed by atoms with Crippen LogP contribution in [0.3, 0.4) is 0 Å². The monoisotopic (exact) mass is 317 g/mol. The van der Waals surface area contributed by atoms with Crippen LogP contribution in [0.4, 0.5) is 13.2 Å². The van der Waals surface area contributed by atoms with Gasteiger partial charge in [-0.2, -0.15) is 13.2 Å². The molecule has 0 aromatic carbocycles. The molecule has 1 unspecified atom stereocenters. The van der Waals surface area contributed by atoms with Crippen LogP contribution in [0.5, 0.6) is 0 Å². The molecule has 0 aromatic rings. The first-order chi connectivity index (χ1) is 8.61. The highest BCUT2D eigenvalue weighted by Gasteiger charge is 2.36. The number of carbonyl (C=O) groups is 1. The van der Waals surface area contributed by atoms with Gasteiger partial charge in [0.15, 0.2) is 0 Å². The molecule has 1 saturated heterocycles. The van der Waals surface area contributed by atoms with E-state index in [1.807, 2.05) is 13.8 Å². The molecule has 2 atom stereocenters. The summed E-state index contributed by atoms with van der Waals surface area (Å²) < 4.78 is 37.1. The lowest BCUT2D eigenvalue weighted by Gasteiger charge is -2.41. The van der Waals surface area contributed by atoms with E-state index in [1.54, 1.807) is 11.8 Å². The molecule has 1 fully saturated rings. The summed E-state index contributed by atoms with van der Waals surface area (Å²) >= 11 is 0. The SMILES string of the molecule is CC(C)[C@H](N)C(=O)N1CCN(CC(F)(F)F)C(C)C1.Cl. The van der Waals surface area contributed by atoms with E-state index in [0.717, 1.165) is 0 Å². The van der Waals surface area contributed by atoms with E-state index >= 15 is 0 Å². The molecule has 0 saturated carbocycles. The normalized spacial score (nSPS) is 22.6. The van der Waals surface area contributed by atoms with Crippen molar-refractivity contribution in [3.8, 4) is 0 Å². The average Bonchev–Trinajstić information content (AvgIpc) is 2.28. The van der Waals surface area contributed by atoms with Crippen LogP contribution in [0, 0.1) is 5.92 Å². The van der Waals surface area contributed by atoms with Crippen molar-refractivity contribution in [1.82, 2.24) is 9.80 Å². The lowest BCUT2D eigenvalue weighted by molar-refractivity contribution is -0.158. The highest BCUT2D eigenvalue weighted by atomic mass is 35.5. The largest absolute Gasteiger partial charge is 0.401 e. The van der Waals surface area contributed by atoms with Crippen molar-refractivity contribution in [2.24, 2.45) is 11.7 Å². The molecule has 120 valence electrons. The minimum atomic E-state index is -4.20. The Hall–Kier alpha value is -0.530. The Labute approximate surface area is 123 Å². The zero-order valence-corrected chi connectivity index (χ0v) is 12.8. The molecular formula is C12H23ClF3N3O. The van der Waals surface area contributed by atoms with Crippen molar-refractivity contribution in [2.75, 3.05) is 26.2 Å². The van der Waals surface area contributed by atoms with Crippen molar-refractivity contribution in [3.63, 3.8) is 0 Å². The first kappa shape index (κ1) is 19.5. The molecule has 1 aliphatic rings. The molecule has 8 heteroatoms. The van der Waals surface area contributed by atoms with Crippen molar-refractivity contribution >= 4 is 18.3 Å². The second-order valence-corrected chi connectivity index (χ2v) is 5.49. The molecule has 1 rings (SSSR count). The Morgan fingerprint density at radius 1 is 1.35 bits per heavy atom. The van der Waals surface area contributed by atoms with E-state index in [9.17, 15) is 18.0 Å². The standard InChI is InChI=1S/C12H22F3N3O.ClH/c1-8(2)10(16)11(19)17-4-5-18(9(3)6-17)7-12(13,14)15;/h8-10H,4-7,16H2,1-3H3;1H/t9?,10-;/m0./s1. The van der Waals surface area contributed by atoms with Gasteiger partial charge in [-0.15, -0.1) is 12.4 Å². The van der Waals surface area contributed by atoms with Crippen LogP contribution in [0.25, 0.3) is 0 Å². The first-order valence-corrected chi connectivity index (χ1v) is 6.47. The van der Waals surface area contributed by atoms with Gasteiger partial charge in [0.25, 0.3) is 0 Å². The highest BCUT2D eigenvalue weighted by molar-refractivity contribution is 5.85. The Kier molecular flexibility index (Phi) is 7.27. The zero-order chi connectivity index (χ0) is 14.8. The third-order valence-electron chi connectivity index (χ3n) is 3.46. The average molecular weight is 318 g/mol. The highest BCUT2D eigenvalue weighted by Crippen LogP contribution is 2.20. The maximum Gasteiger partial charge on any atom is 0.401 e. The molecule has 0 bridgehead atoms. The van der Waals surface area contributed by atoms with E-state index in [0.29, 0.717) is 13.1 Å². The second-order valence-electron chi connectivity index (χ2n) is 5.49. The molecule has 0 aliphatic carbocycles. The first-order valence-electron chi connectivity index (χ1n) is 6.47. The number of nitrogens with zero attached hydrogens (tertiary/aromatic N) is 2. The molecule has 4 nitrogen and oxygen atoms in total. The molecule has 0 aromatic heterocycles. The third kappa shape index (κ3) is 5.46. The Morgan fingerprint density at radius 3 is 2.30 bits per heavy atom. The topological polar surface area (TPSA) is 49.6 Å². The van der Waals surface area contributed by atoms with E-state index in [2.05, 4.69) is 0 Å². The quantitative estimate of drug-likeness (QED) is 0.858. The second kappa shape index (κ2) is 7.47. The lowest BCUT2D eigenvalue weighted by atomic mass is 10.0. The van der Waals surface area contributed by atoms with Crippen LogP contribution < -0.4 is 5.73 Å². The van der Waals surface area contributed by atoms with E-state index in [4.69, 9.17) is 5.73 Å². The van der Waals surface area contributed by atoms with Gasteiger partial charge in [0.2, 0.25) is 5.91 Å². The van der Waals surface area contributed by atoms with Crippen molar-refractivity contribution < 1.29 is 18.0 Å². The van der Waals surface area contributed by atoms with Gasteiger partial charge in [0.1, 0.15) is 0 Å². The van der Waals surface area contributed by atoms with Gasteiger partial charge in [-0.05, 0) is 12.8 Å². The van der Waals surface area contributed by atoms with Crippen LogP contribution in [0.1, 0.15) is 20.8 Å². The number of halogens is 4. The van der Waals surface area contributed by atoms with Gasteiger partial charge in [-0.1, -0.05) is 13.8 Å². The summed E-state index contributed by atoms with van der Waals surface area (Å²) in [5, 5.41) is 0. The maximum absolute atomic E-state index is 12.4. The lowest BCUT2D eigenvalue weighted by Crippen LogP contribution is -2.58. The smallest absolute Gasteiger partial charge is 0.338 e. The molecule has 1 aliphatic heterocycles. The van der Waals surface area contributed by atoms with Gasteiger partial charge in [-0.3, -0.25) is 9.69 Å². The summed E-state index contributed by atoms with van der Waals surface area (Å²) in [6.45, 7) is 5.32. The third-order valence-corrected chi connectivity index (χ3v) is 3.46. The van der Waals surface area contributed by atoms with Crippen LogP contribution in [0.2, 0.25) is 0 Å². The fourth-order valence-electron chi connectivity index (χ4n) is 2.16. The number of nitrogens with two attached hydrogens (primary N) is 1. The fraction of sp³-hybridized carbons (Fsp3) is 0.917. The molecule has 0 spiro atoms. The van der Waals surface area contributed by atoms with Crippen LogP contribution in [-0.4, -0.2) is 60.1 Å². The van der Waals surface area contributed by atoms with Gasteiger partial charge in [0.05, 0.1) is 12.6 Å². The minimum Gasteiger partial charge on any atom is -0.338 e.